The highest BCUT2D eigenvalue weighted by Crippen LogP contribution is 2.26. The molecule has 0 radical (unpaired) electrons. The molecule has 1 aromatic heterocycles. The fourth-order valence-electron chi connectivity index (χ4n) is 3.97. The van der Waals surface area contributed by atoms with E-state index in [4.69, 9.17) is 4.74 Å². The number of aromatic nitrogens is 2. The van der Waals surface area contributed by atoms with Gasteiger partial charge in [0.25, 0.3) is 5.91 Å². The monoisotopic (exact) mass is 444 g/mol. The Morgan fingerprint density at radius 1 is 1.09 bits per heavy atom. The Hall–Kier alpha value is -3.74. The van der Waals surface area contributed by atoms with Gasteiger partial charge in [-0.15, -0.1) is 0 Å². The normalized spacial score (nSPS) is 15.4. The second kappa shape index (κ2) is 9.81. The molecule has 0 bridgehead atoms. The van der Waals surface area contributed by atoms with Gasteiger partial charge in [-0.25, -0.2) is 9.97 Å². The van der Waals surface area contributed by atoms with Gasteiger partial charge >= 0.3 is 0 Å². The maximum atomic E-state index is 12.7. The summed E-state index contributed by atoms with van der Waals surface area (Å²) >= 11 is 0. The molecule has 3 aromatic rings. The average Bonchev–Trinajstić information content (AvgIpc) is 3.31. The molecular weight excluding hydrogens is 416 g/mol. The van der Waals surface area contributed by atoms with Crippen molar-refractivity contribution in [3.05, 3.63) is 82.9 Å². The van der Waals surface area contributed by atoms with Crippen molar-refractivity contribution in [3.8, 4) is 5.75 Å². The highest BCUT2D eigenvalue weighted by molar-refractivity contribution is 6.04. The number of carbonyl (C=O) groups is 2. The van der Waals surface area contributed by atoms with Crippen LogP contribution in [-0.4, -0.2) is 46.9 Å². The number of benzene rings is 2. The van der Waals surface area contributed by atoms with Crippen molar-refractivity contribution in [2.75, 3.05) is 25.5 Å². The zero-order valence-corrected chi connectivity index (χ0v) is 19.2. The number of aryl methyl sites for hydroxylation is 2. The van der Waals surface area contributed by atoms with Crippen molar-refractivity contribution in [2.45, 2.75) is 32.6 Å². The third-order valence-corrected chi connectivity index (χ3v) is 5.97. The first-order valence-corrected chi connectivity index (χ1v) is 11.0. The average molecular weight is 445 g/mol. The quantitative estimate of drug-likeness (QED) is 0.623. The summed E-state index contributed by atoms with van der Waals surface area (Å²) in [6, 6.07) is 15.2. The van der Waals surface area contributed by atoms with E-state index in [1.165, 1.54) is 5.56 Å². The van der Waals surface area contributed by atoms with Gasteiger partial charge < -0.3 is 15.0 Å². The number of amides is 2. The molecule has 2 aromatic carbocycles. The van der Waals surface area contributed by atoms with Crippen molar-refractivity contribution in [3.63, 3.8) is 0 Å². The smallest absolute Gasteiger partial charge is 0.259 e. The van der Waals surface area contributed by atoms with Gasteiger partial charge in [0, 0.05) is 30.9 Å². The van der Waals surface area contributed by atoms with Crippen LogP contribution in [0.1, 0.15) is 45.3 Å². The topological polar surface area (TPSA) is 84.4 Å². The van der Waals surface area contributed by atoms with Crippen molar-refractivity contribution >= 4 is 17.5 Å². The van der Waals surface area contributed by atoms with E-state index in [2.05, 4.69) is 15.3 Å². The van der Waals surface area contributed by atoms with Crippen molar-refractivity contribution in [1.29, 1.82) is 0 Å². The number of methoxy groups -OCH3 is 1. The summed E-state index contributed by atoms with van der Waals surface area (Å²) in [5, 5.41) is 2.86. The molecule has 1 atom stereocenters. The van der Waals surface area contributed by atoms with Crippen molar-refractivity contribution < 1.29 is 14.3 Å². The number of hydrogen-bond acceptors (Lipinski definition) is 5. The molecule has 2 amide bonds. The number of nitrogens with one attached hydrogen (secondary N) is 1. The van der Waals surface area contributed by atoms with Crippen LogP contribution in [0.25, 0.3) is 0 Å². The van der Waals surface area contributed by atoms with Gasteiger partial charge in [-0.3, -0.25) is 9.59 Å². The number of ether oxygens (including phenoxy) is 1. The fraction of sp³-hybridized carbons (Fsp3) is 0.308. The lowest BCUT2D eigenvalue weighted by atomic mass is 10.1. The summed E-state index contributed by atoms with van der Waals surface area (Å²) in [6.07, 6.45) is 2.79. The lowest BCUT2D eigenvalue weighted by Crippen LogP contribution is -2.30. The Morgan fingerprint density at radius 3 is 2.48 bits per heavy atom. The lowest BCUT2D eigenvalue weighted by Gasteiger charge is -2.17. The van der Waals surface area contributed by atoms with Crippen LogP contribution in [0.4, 0.5) is 5.69 Å². The van der Waals surface area contributed by atoms with Crippen molar-refractivity contribution in [1.82, 2.24) is 14.9 Å². The molecule has 7 heteroatoms. The first kappa shape index (κ1) is 22.5. The van der Waals surface area contributed by atoms with E-state index in [-0.39, 0.29) is 17.7 Å². The maximum Gasteiger partial charge on any atom is 0.259 e. The van der Waals surface area contributed by atoms with E-state index in [0.29, 0.717) is 42.3 Å². The molecule has 0 unspecified atom stereocenters. The minimum Gasteiger partial charge on any atom is -0.497 e. The molecule has 0 saturated carbocycles. The summed E-state index contributed by atoms with van der Waals surface area (Å²) < 4.78 is 5.14. The molecule has 7 nitrogen and oxygen atoms in total. The van der Waals surface area contributed by atoms with E-state index in [1.54, 1.807) is 37.6 Å². The molecular formula is C26H28N4O3. The molecule has 1 aliphatic heterocycles. The molecule has 1 aliphatic rings. The first-order chi connectivity index (χ1) is 15.9. The van der Waals surface area contributed by atoms with Crippen LogP contribution in [0.15, 0.2) is 54.7 Å². The molecule has 1 fully saturated rings. The predicted octanol–water partition coefficient (Wildman–Crippen LogP) is 3.91. The Morgan fingerprint density at radius 2 is 1.82 bits per heavy atom. The van der Waals surface area contributed by atoms with Gasteiger partial charge in [-0.1, -0.05) is 29.8 Å². The highest BCUT2D eigenvalue weighted by atomic mass is 16.5. The summed E-state index contributed by atoms with van der Waals surface area (Å²) in [7, 11) is 1.60. The van der Waals surface area contributed by atoms with Crippen molar-refractivity contribution in [2.24, 2.45) is 0 Å². The Balaban J connectivity index is 1.37. The van der Waals surface area contributed by atoms with Crippen LogP contribution in [0.2, 0.25) is 0 Å². The summed E-state index contributed by atoms with van der Waals surface area (Å²) in [5.41, 5.74) is 3.92. The van der Waals surface area contributed by atoms with Gasteiger partial charge in [-0.05, 0) is 50.1 Å². The largest absolute Gasteiger partial charge is 0.497 e. The fourth-order valence-corrected chi connectivity index (χ4v) is 3.97. The van der Waals surface area contributed by atoms with Crippen LogP contribution in [0.5, 0.6) is 5.75 Å². The number of anilines is 1. The number of likely N-dealkylation sites (tertiary alicyclic amines) is 1. The standard InChI is InChI=1S/C26H28N4O3/c1-17-4-6-19(7-5-17)14-24(31)30-13-12-20(16-30)25-27-15-23(18(2)28-25)26(32)29-21-8-10-22(33-3)11-9-21/h4-11,15,20H,12-14,16H2,1-3H3,(H,29,32)/t20-/m0/s1. The Bertz CT molecular complexity index is 1140. The Labute approximate surface area is 193 Å². The van der Waals surface area contributed by atoms with E-state index in [9.17, 15) is 9.59 Å². The third-order valence-electron chi connectivity index (χ3n) is 5.97. The molecule has 170 valence electrons. The first-order valence-electron chi connectivity index (χ1n) is 11.0. The third kappa shape index (κ3) is 5.37. The van der Waals surface area contributed by atoms with Crippen LogP contribution in [0.3, 0.4) is 0 Å². The van der Waals surface area contributed by atoms with Crippen LogP contribution >= 0.6 is 0 Å². The zero-order valence-electron chi connectivity index (χ0n) is 19.2. The number of hydrogen-bond donors (Lipinski definition) is 1. The van der Waals surface area contributed by atoms with Gasteiger partial charge in [0.2, 0.25) is 5.91 Å². The lowest BCUT2D eigenvalue weighted by molar-refractivity contribution is -0.129. The molecule has 33 heavy (non-hydrogen) atoms. The zero-order chi connectivity index (χ0) is 23.4. The SMILES string of the molecule is COc1ccc(NC(=O)c2cnc([C@H]3CCN(C(=O)Cc4ccc(C)cc4)C3)nc2C)cc1. The molecule has 0 aliphatic carbocycles. The molecule has 1 N–H and O–H groups in total. The van der Waals surface area contributed by atoms with Crippen LogP contribution in [-0.2, 0) is 11.2 Å². The molecule has 2 heterocycles. The summed E-state index contributed by atoms with van der Waals surface area (Å²) in [4.78, 5) is 36.4. The van der Waals surface area contributed by atoms with Crippen LogP contribution < -0.4 is 10.1 Å². The molecule has 0 spiro atoms. The number of rotatable bonds is 6. The number of nitrogens with zero attached hydrogens (tertiary/aromatic N) is 3. The minimum atomic E-state index is -0.259. The van der Waals surface area contributed by atoms with Crippen LogP contribution in [0, 0.1) is 13.8 Å². The van der Waals surface area contributed by atoms with Gasteiger partial charge in [0.1, 0.15) is 11.6 Å². The van der Waals surface area contributed by atoms with E-state index >= 15 is 0 Å². The minimum absolute atomic E-state index is 0.0735. The Kier molecular flexibility index (Phi) is 6.68. The second-order valence-corrected chi connectivity index (χ2v) is 8.40. The van der Waals surface area contributed by atoms with Gasteiger partial charge in [0.15, 0.2) is 0 Å². The second-order valence-electron chi connectivity index (χ2n) is 8.40. The maximum absolute atomic E-state index is 12.7. The van der Waals surface area contributed by atoms with E-state index in [1.807, 2.05) is 43.0 Å². The number of carbonyl (C=O) groups excluding carboxylic acids is 2. The van der Waals surface area contributed by atoms with Gasteiger partial charge in [-0.2, -0.15) is 0 Å². The summed E-state index contributed by atoms with van der Waals surface area (Å²) in [6.45, 7) is 5.13. The highest BCUT2D eigenvalue weighted by Gasteiger charge is 2.29. The predicted molar refractivity (Wildman–Crippen MR) is 127 cm³/mol. The summed E-state index contributed by atoms with van der Waals surface area (Å²) in [5.74, 6) is 1.34. The van der Waals surface area contributed by atoms with E-state index < -0.39 is 0 Å². The molecule has 1 saturated heterocycles. The van der Waals surface area contributed by atoms with Gasteiger partial charge in [0.05, 0.1) is 24.8 Å². The molecule has 4 rings (SSSR count). The van der Waals surface area contributed by atoms with E-state index in [0.717, 1.165) is 17.7 Å².